The number of halogens is 1. The van der Waals surface area contributed by atoms with Crippen LogP contribution in [0.25, 0.3) is 0 Å². The molecule has 124 valence electrons. The number of ether oxygens (including phenoxy) is 1. The van der Waals surface area contributed by atoms with Gasteiger partial charge in [0, 0.05) is 38.5 Å². The lowest BCUT2D eigenvalue weighted by Gasteiger charge is -2.18. The molecule has 0 radical (unpaired) electrons. The molecule has 8 heteroatoms. The van der Waals surface area contributed by atoms with Crippen LogP contribution in [-0.2, 0) is 21.8 Å². The Morgan fingerprint density at radius 1 is 1.48 bits per heavy atom. The van der Waals surface area contributed by atoms with Crippen LogP contribution < -0.4 is 4.72 Å². The quantitative estimate of drug-likeness (QED) is 0.898. The second-order valence-corrected chi connectivity index (χ2v) is 7.31. The lowest BCUT2D eigenvalue weighted by atomic mass is 10.0. The fourth-order valence-corrected chi connectivity index (χ4v) is 3.84. The molecule has 1 N–H and O–H groups in total. The van der Waals surface area contributed by atoms with Crippen molar-refractivity contribution in [2.24, 2.45) is 13.0 Å². The summed E-state index contributed by atoms with van der Waals surface area (Å²) in [7, 11) is -1.87. The highest BCUT2D eigenvalue weighted by Gasteiger charge is 2.33. The molecule has 1 aromatic carbocycles. The second kappa shape index (κ2) is 6.38. The van der Waals surface area contributed by atoms with Crippen molar-refractivity contribution in [3.05, 3.63) is 48.3 Å². The topological polar surface area (TPSA) is 73.2 Å². The molecule has 6 nitrogen and oxygen atoms in total. The predicted octanol–water partition coefficient (Wildman–Crippen LogP) is 1.62. The van der Waals surface area contributed by atoms with Gasteiger partial charge in [-0.3, -0.25) is 0 Å². The molecule has 1 saturated heterocycles. The molecule has 23 heavy (non-hydrogen) atoms. The molecule has 2 atom stereocenters. The molecular formula is C15H18FN3O3S. The van der Waals surface area contributed by atoms with Crippen LogP contribution in [0.2, 0.25) is 0 Å². The Balaban J connectivity index is 1.71. The highest BCUT2D eigenvalue weighted by Crippen LogP contribution is 2.33. The Morgan fingerprint density at radius 2 is 2.30 bits per heavy atom. The van der Waals surface area contributed by atoms with Crippen molar-refractivity contribution < 1.29 is 17.5 Å². The van der Waals surface area contributed by atoms with Gasteiger partial charge in [-0.15, -0.1) is 0 Å². The molecule has 1 aliphatic heterocycles. The van der Waals surface area contributed by atoms with E-state index in [-0.39, 0.29) is 23.5 Å². The zero-order valence-electron chi connectivity index (χ0n) is 12.6. The Bertz CT molecular complexity index is 791. The molecule has 1 aliphatic rings. The van der Waals surface area contributed by atoms with Crippen LogP contribution in [0.15, 0.2) is 41.6 Å². The predicted molar refractivity (Wildman–Crippen MR) is 81.6 cm³/mol. The van der Waals surface area contributed by atoms with E-state index in [9.17, 15) is 12.8 Å². The molecule has 2 heterocycles. The van der Waals surface area contributed by atoms with Gasteiger partial charge >= 0.3 is 0 Å². The van der Waals surface area contributed by atoms with Crippen LogP contribution in [0.5, 0.6) is 0 Å². The average molecular weight is 339 g/mol. The van der Waals surface area contributed by atoms with Gasteiger partial charge in [-0.1, -0.05) is 6.07 Å². The van der Waals surface area contributed by atoms with Crippen molar-refractivity contribution in [3.8, 4) is 0 Å². The summed E-state index contributed by atoms with van der Waals surface area (Å²) in [5.41, 5.74) is 0. The van der Waals surface area contributed by atoms with Gasteiger partial charge < -0.3 is 9.30 Å². The highest BCUT2D eigenvalue weighted by atomic mass is 32.2. The zero-order valence-corrected chi connectivity index (χ0v) is 13.5. The molecule has 0 spiro atoms. The minimum atomic E-state index is -3.75. The van der Waals surface area contributed by atoms with E-state index in [0.29, 0.717) is 6.61 Å². The smallest absolute Gasteiger partial charge is 0.240 e. The third-order valence-electron chi connectivity index (χ3n) is 3.97. The zero-order chi connectivity index (χ0) is 16.4. The number of benzene rings is 1. The largest absolute Gasteiger partial charge is 0.370 e. The first-order valence-electron chi connectivity index (χ1n) is 7.31. The Morgan fingerprint density at radius 3 is 3.00 bits per heavy atom. The molecule has 2 aromatic rings. The lowest BCUT2D eigenvalue weighted by Crippen LogP contribution is -2.31. The van der Waals surface area contributed by atoms with Gasteiger partial charge in [0.1, 0.15) is 17.7 Å². The molecular weight excluding hydrogens is 321 g/mol. The summed E-state index contributed by atoms with van der Waals surface area (Å²) in [6, 6.07) is 4.96. The van der Waals surface area contributed by atoms with Crippen LogP contribution >= 0.6 is 0 Å². The first-order valence-corrected chi connectivity index (χ1v) is 8.80. The van der Waals surface area contributed by atoms with E-state index in [1.165, 1.54) is 18.2 Å². The summed E-state index contributed by atoms with van der Waals surface area (Å²) in [5.74, 6) is 0.180. The SMILES string of the molecule is Cn1ccnc1[C@@H]1OCC[C@H]1CNS(=O)(=O)c1cccc(F)c1. The lowest BCUT2D eigenvalue weighted by molar-refractivity contribution is 0.0823. The Labute approximate surface area is 134 Å². The van der Waals surface area contributed by atoms with Gasteiger partial charge in [-0.25, -0.2) is 22.5 Å². The molecule has 1 fully saturated rings. The average Bonchev–Trinajstić information content (AvgIpc) is 3.13. The standard InChI is InChI=1S/C15H18FN3O3S/c1-19-7-6-17-15(19)14-11(5-8-22-14)10-18-23(20,21)13-4-2-3-12(16)9-13/h2-4,6-7,9,11,14,18H,5,8,10H2,1H3/t11-,14+/m0/s1. The Hall–Kier alpha value is -1.77. The van der Waals surface area contributed by atoms with Gasteiger partial charge in [0.05, 0.1) is 4.90 Å². The van der Waals surface area contributed by atoms with E-state index in [0.717, 1.165) is 18.3 Å². The van der Waals surface area contributed by atoms with Crippen molar-refractivity contribution in [3.63, 3.8) is 0 Å². The van der Waals surface area contributed by atoms with E-state index in [1.807, 2.05) is 17.8 Å². The summed E-state index contributed by atoms with van der Waals surface area (Å²) in [4.78, 5) is 4.19. The van der Waals surface area contributed by atoms with Crippen molar-refractivity contribution >= 4 is 10.0 Å². The highest BCUT2D eigenvalue weighted by molar-refractivity contribution is 7.89. The van der Waals surface area contributed by atoms with E-state index in [1.54, 1.807) is 6.20 Å². The summed E-state index contributed by atoms with van der Waals surface area (Å²) in [5, 5.41) is 0. The molecule has 0 bridgehead atoms. The number of sulfonamides is 1. The molecule has 3 rings (SSSR count). The minimum absolute atomic E-state index is 0.0144. The molecule has 0 aliphatic carbocycles. The number of nitrogens with zero attached hydrogens (tertiary/aromatic N) is 2. The maximum Gasteiger partial charge on any atom is 0.240 e. The van der Waals surface area contributed by atoms with Gasteiger partial charge in [0.2, 0.25) is 10.0 Å². The number of aryl methyl sites for hydroxylation is 1. The molecule has 1 aromatic heterocycles. The van der Waals surface area contributed by atoms with Crippen LogP contribution in [0.4, 0.5) is 4.39 Å². The molecule has 0 unspecified atom stereocenters. The Kier molecular flexibility index (Phi) is 4.47. The first kappa shape index (κ1) is 16.1. The third-order valence-corrected chi connectivity index (χ3v) is 5.39. The van der Waals surface area contributed by atoms with E-state index < -0.39 is 15.8 Å². The van der Waals surface area contributed by atoms with Crippen LogP contribution in [0.1, 0.15) is 18.3 Å². The van der Waals surface area contributed by atoms with Crippen molar-refractivity contribution in [1.29, 1.82) is 0 Å². The molecule has 0 amide bonds. The number of aromatic nitrogens is 2. The normalized spacial score (nSPS) is 21.7. The summed E-state index contributed by atoms with van der Waals surface area (Å²) >= 11 is 0. The fourth-order valence-electron chi connectivity index (χ4n) is 2.71. The van der Waals surface area contributed by atoms with E-state index in [2.05, 4.69) is 9.71 Å². The number of hydrogen-bond acceptors (Lipinski definition) is 4. The van der Waals surface area contributed by atoms with Gasteiger partial charge in [0.15, 0.2) is 0 Å². The van der Waals surface area contributed by atoms with Crippen molar-refractivity contribution in [1.82, 2.24) is 14.3 Å². The minimum Gasteiger partial charge on any atom is -0.370 e. The third kappa shape index (κ3) is 3.44. The van der Waals surface area contributed by atoms with E-state index in [4.69, 9.17) is 4.74 Å². The number of nitrogens with one attached hydrogen (secondary N) is 1. The van der Waals surface area contributed by atoms with E-state index >= 15 is 0 Å². The van der Waals surface area contributed by atoms with Crippen LogP contribution in [-0.4, -0.2) is 31.1 Å². The summed E-state index contributed by atoms with van der Waals surface area (Å²) < 4.78 is 47.8. The van der Waals surface area contributed by atoms with Crippen molar-refractivity contribution in [2.45, 2.75) is 17.4 Å². The number of hydrogen-bond donors (Lipinski definition) is 1. The van der Waals surface area contributed by atoms with Crippen LogP contribution in [0.3, 0.4) is 0 Å². The number of rotatable bonds is 5. The van der Waals surface area contributed by atoms with Crippen molar-refractivity contribution in [2.75, 3.05) is 13.2 Å². The summed E-state index contributed by atoms with van der Waals surface area (Å²) in [6.07, 6.45) is 4.00. The maximum atomic E-state index is 13.2. The van der Waals surface area contributed by atoms with Gasteiger partial charge in [0.25, 0.3) is 0 Å². The fraction of sp³-hybridized carbons (Fsp3) is 0.400. The molecule has 0 saturated carbocycles. The monoisotopic (exact) mass is 339 g/mol. The summed E-state index contributed by atoms with van der Waals surface area (Å²) in [6.45, 7) is 0.778. The van der Waals surface area contributed by atoms with Gasteiger partial charge in [-0.2, -0.15) is 0 Å². The van der Waals surface area contributed by atoms with Gasteiger partial charge in [-0.05, 0) is 24.6 Å². The van der Waals surface area contributed by atoms with Crippen LogP contribution in [0, 0.1) is 11.7 Å². The number of imidazole rings is 1. The maximum absolute atomic E-state index is 13.2. The second-order valence-electron chi connectivity index (χ2n) is 5.55. The first-order chi connectivity index (χ1) is 11.0.